The molecule has 5 heteroatoms. The molecule has 2 atom stereocenters. The first-order chi connectivity index (χ1) is 9.95. The number of rotatable bonds is 5. The van der Waals surface area contributed by atoms with Gasteiger partial charge in [-0.1, -0.05) is 38.3 Å². The first-order valence-electron chi connectivity index (χ1n) is 7.64. The maximum absolute atomic E-state index is 12.5. The zero-order chi connectivity index (χ0) is 15.5. The first kappa shape index (κ1) is 16.5. The van der Waals surface area contributed by atoms with Crippen LogP contribution in [0.5, 0.6) is 0 Å². The zero-order valence-electron chi connectivity index (χ0n) is 12.8. The van der Waals surface area contributed by atoms with Crippen LogP contribution >= 0.6 is 0 Å². The molecular weight excluding hydrogens is 286 g/mol. The molecule has 0 heterocycles. The van der Waals surface area contributed by atoms with Crippen molar-refractivity contribution < 1.29 is 13.5 Å². The van der Waals surface area contributed by atoms with Crippen LogP contribution in [0.4, 0.5) is 0 Å². The Labute approximate surface area is 127 Å². The minimum absolute atomic E-state index is 0.144. The second-order valence-electron chi connectivity index (χ2n) is 6.07. The molecule has 2 unspecified atom stereocenters. The van der Waals surface area contributed by atoms with Crippen LogP contribution < -0.4 is 4.72 Å². The van der Waals surface area contributed by atoms with Crippen LogP contribution in [0.15, 0.2) is 23.1 Å². The number of aliphatic hydroxyl groups is 1. The lowest BCUT2D eigenvalue weighted by Gasteiger charge is -2.28. The van der Waals surface area contributed by atoms with Crippen molar-refractivity contribution in [3.63, 3.8) is 0 Å². The normalized spacial score (nSPS) is 23.2. The quantitative estimate of drug-likeness (QED) is 0.878. The van der Waals surface area contributed by atoms with Gasteiger partial charge in [-0.05, 0) is 42.4 Å². The van der Waals surface area contributed by atoms with E-state index in [0.29, 0.717) is 29.5 Å². The summed E-state index contributed by atoms with van der Waals surface area (Å²) >= 11 is 0. The molecule has 1 fully saturated rings. The molecule has 1 aliphatic rings. The second kappa shape index (κ2) is 6.90. The van der Waals surface area contributed by atoms with Gasteiger partial charge in [-0.25, -0.2) is 13.1 Å². The number of aliphatic hydroxyl groups excluding tert-OH is 1. The van der Waals surface area contributed by atoms with Crippen LogP contribution in [0.1, 0.15) is 43.7 Å². The van der Waals surface area contributed by atoms with Crippen molar-refractivity contribution in [2.75, 3.05) is 6.54 Å². The molecular formula is C16H25NO3S. The number of hydrogen-bond donors (Lipinski definition) is 2. The smallest absolute Gasteiger partial charge is 0.240 e. The van der Waals surface area contributed by atoms with Gasteiger partial charge < -0.3 is 5.11 Å². The van der Waals surface area contributed by atoms with Crippen LogP contribution in [0.2, 0.25) is 0 Å². The highest BCUT2D eigenvalue weighted by Gasteiger charge is 2.24. The number of nitrogens with one attached hydrogen (secondary N) is 1. The van der Waals surface area contributed by atoms with Crippen LogP contribution in [0.3, 0.4) is 0 Å². The van der Waals surface area contributed by atoms with E-state index in [2.05, 4.69) is 11.6 Å². The summed E-state index contributed by atoms with van der Waals surface area (Å²) in [6.07, 6.45) is 4.72. The molecule has 0 aliphatic heterocycles. The first-order valence-corrected chi connectivity index (χ1v) is 9.13. The summed E-state index contributed by atoms with van der Waals surface area (Å²) in [4.78, 5) is 0.275. The highest BCUT2D eigenvalue weighted by molar-refractivity contribution is 7.89. The van der Waals surface area contributed by atoms with Crippen LogP contribution in [-0.2, 0) is 16.6 Å². The van der Waals surface area contributed by atoms with E-state index < -0.39 is 10.0 Å². The minimum atomic E-state index is -3.51. The third kappa shape index (κ3) is 3.84. The van der Waals surface area contributed by atoms with Crippen molar-refractivity contribution >= 4 is 10.0 Å². The molecule has 1 saturated carbocycles. The Bertz CT molecular complexity index is 583. The van der Waals surface area contributed by atoms with Gasteiger partial charge >= 0.3 is 0 Å². The Morgan fingerprint density at radius 1 is 1.29 bits per heavy atom. The molecule has 2 N–H and O–H groups in total. The van der Waals surface area contributed by atoms with E-state index in [-0.39, 0.29) is 11.5 Å². The summed E-state index contributed by atoms with van der Waals surface area (Å²) < 4.78 is 27.7. The molecule has 4 nitrogen and oxygen atoms in total. The monoisotopic (exact) mass is 311 g/mol. The third-order valence-corrected chi connectivity index (χ3v) is 6.25. The van der Waals surface area contributed by atoms with Crippen molar-refractivity contribution in [3.05, 3.63) is 29.3 Å². The van der Waals surface area contributed by atoms with Gasteiger partial charge in [0.05, 0.1) is 11.5 Å². The fourth-order valence-electron chi connectivity index (χ4n) is 3.11. The zero-order valence-corrected chi connectivity index (χ0v) is 13.6. The molecule has 1 aliphatic carbocycles. The van der Waals surface area contributed by atoms with E-state index in [0.717, 1.165) is 6.42 Å². The Balaban J connectivity index is 2.11. The maximum atomic E-state index is 12.5. The fourth-order valence-corrected chi connectivity index (χ4v) is 4.49. The van der Waals surface area contributed by atoms with E-state index in [1.807, 2.05) is 0 Å². The average molecular weight is 311 g/mol. The molecule has 1 aromatic rings. The highest BCUT2D eigenvalue weighted by Crippen LogP contribution is 2.29. The fraction of sp³-hybridized carbons (Fsp3) is 0.625. The molecule has 1 aromatic carbocycles. The molecule has 0 spiro atoms. The van der Waals surface area contributed by atoms with E-state index in [4.69, 9.17) is 0 Å². The molecule has 2 rings (SSSR count). The third-order valence-electron chi connectivity index (χ3n) is 4.68. The Kier molecular flexibility index (Phi) is 5.41. The summed E-state index contributed by atoms with van der Waals surface area (Å²) in [5, 5.41) is 9.26. The lowest BCUT2D eigenvalue weighted by molar-refractivity contribution is 0.257. The van der Waals surface area contributed by atoms with Gasteiger partial charge in [-0.3, -0.25) is 0 Å². The lowest BCUT2D eigenvalue weighted by atomic mass is 9.81. The van der Waals surface area contributed by atoms with Crippen LogP contribution in [-0.4, -0.2) is 20.1 Å². The summed E-state index contributed by atoms with van der Waals surface area (Å²) in [6.45, 7) is 4.31. The van der Waals surface area contributed by atoms with Gasteiger partial charge in [0.25, 0.3) is 0 Å². The van der Waals surface area contributed by atoms with Gasteiger partial charge in [0.1, 0.15) is 0 Å². The van der Waals surface area contributed by atoms with E-state index in [1.54, 1.807) is 25.1 Å². The second-order valence-corrected chi connectivity index (χ2v) is 7.81. The molecule has 21 heavy (non-hydrogen) atoms. The SMILES string of the molecule is Cc1c(CO)cccc1S(=O)(=O)NCC1CCCCC1C. The maximum Gasteiger partial charge on any atom is 0.240 e. The molecule has 0 radical (unpaired) electrons. The largest absolute Gasteiger partial charge is 0.392 e. The van der Waals surface area contributed by atoms with Crippen molar-refractivity contribution in [1.29, 1.82) is 0 Å². The van der Waals surface area contributed by atoms with Gasteiger partial charge in [-0.2, -0.15) is 0 Å². The predicted octanol–water partition coefficient (Wildman–Crippen LogP) is 2.59. The van der Waals surface area contributed by atoms with Crippen molar-refractivity contribution in [1.82, 2.24) is 4.72 Å². The van der Waals surface area contributed by atoms with E-state index in [9.17, 15) is 13.5 Å². The van der Waals surface area contributed by atoms with Gasteiger partial charge in [0.15, 0.2) is 0 Å². The molecule has 0 bridgehead atoms. The number of hydrogen-bond acceptors (Lipinski definition) is 3. The van der Waals surface area contributed by atoms with Crippen LogP contribution in [0, 0.1) is 18.8 Å². The van der Waals surface area contributed by atoms with Crippen LogP contribution in [0.25, 0.3) is 0 Å². The Morgan fingerprint density at radius 3 is 2.67 bits per heavy atom. The number of benzene rings is 1. The van der Waals surface area contributed by atoms with Crippen molar-refractivity contribution in [3.8, 4) is 0 Å². The molecule has 0 saturated heterocycles. The van der Waals surface area contributed by atoms with E-state index >= 15 is 0 Å². The highest BCUT2D eigenvalue weighted by atomic mass is 32.2. The minimum Gasteiger partial charge on any atom is -0.392 e. The molecule has 0 aromatic heterocycles. The predicted molar refractivity (Wildman–Crippen MR) is 83.4 cm³/mol. The average Bonchev–Trinajstić information content (AvgIpc) is 2.46. The summed E-state index contributed by atoms with van der Waals surface area (Å²) in [6, 6.07) is 5.02. The van der Waals surface area contributed by atoms with Gasteiger partial charge in [-0.15, -0.1) is 0 Å². The summed E-state index contributed by atoms with van der Waals surface area (Å²) in [7, 11) is -3.51. The summed E-state index contributed by atoms with van der Waals surface area (Å²) in [5.74, 6) is 1.00. The Morgan fingerprint density at radius 2 is 2.00 bits per heavy atom. The summed E-state index contributed by atoms with van der Waals surface area (Å²) in [5.41, 5.74) is 1.29. The Hall–Kier alpha value is -0.910. The van der Waals surface area contributed by atoms with Gasteiger partial charge in [0, 0.05) is 6.54 Å². The topological polar surface area (TPSA) is 66.4 Å². The number of sulfonamides is 1. The molecule has 118 valence electrons. The van der Waals surface area contributed by atoms with Gasteiger partial charge in [0.2, 0.25) is 10.0 Å². The van der Waals surface area contributed by atoms with Crippen molar-refractivity contribution in [2.24, 2.45) is 11.8 Å². The van der Waals surface area contributed by atoms with Crippen molar-refractivity contribution in [2.45, 2.75) is 51.0 Å². The van der Waals surface area contributed by atoms with E-state index in [1.165, 1.54) is 19.3 Å². The molecule has 0 amide bonds. The standard InChI is InChI=1S/C16H25NO3S/c1-12-6-3-4-7-14(12)10-17-21(19,20)16-9-5-8-15(11-18)13(16)2/h5,8-9,12,14,17-18H,3-4,6-7,10-11H2,1-2H3. The lowest BCUT2D eigenvalue weighted by Crippen LogP contribution is -2.33.